The van der Waals surface area contributed by atoms with Gasteiger partial charge in [-0.15, -0.1) is 0 Å². The molecule has 40 heavy (non-hydrogen) atoms. The Morgan fingerprint density at radius 2 is 1.65 bits per heavy atom. The molecule has 1 aromatic carbocycles. The first kappa shape index (κ1) is 27.5. The number of carboxylic acid groups (broad SMARTS) is 1. The number of carboxylic acids is 1. The normalized spacial score (nSPS) is 17.6. The van der Waals surface area contributed by atoms with E-state index in [9.17, 15) is 23.5 Å². The van der Waals surface area contributed by atoms with E-state index in [-0.39, 0.29) is 11.5 Å². The topological polar surface area (TPSA) is 89.9 Å². The largest absolute Gasteiger partial charge is 0.478 e. The molecule has 0 aliphatic carbocycles. The molecule has 0 saturated carbocycles. The number of rotatable bonds is 4. The van der Waals surface area contributed by atoms with Crippen LogP contribution in [0.3, 0.4) is 0 Å². The van der Waals surface area contributed by atoms with Crippen molar-refractivity contribution in [3.05, 3.63) is 76.2 Å². The zero-order valence-corrected chi connectivity index (χ0v) is 23.5. The fourth-order valence-corrected chi connectivity index (χ4v) is 5.89. The van der Waals surface area contributed by atoms with E-state index >= 15 is 0 Å². The van der Waals surface area contributed by atoms with Gasteiger partial charge in [-0.3, -0.25) is 4.79 Å². The van der Waals surface area contributed by atoms with E-state index in [1.54, 1.807) is 26.0 Å². The monoisotopic (exact) mass is 549 g/mol. The molecule has 2 aliphatic heterocycles. The van der Waals surface area contributed by atoms with Gasteiger partial charge in [0.05, 0.1) is 28.2 Å². The van der Waals surface area contributed by atoms with E-state index in [1.807, 2.05) is 43.6 Å². The van der Waals surface area contributed by atoms with Crippen molar-refractivity contribution in [2.75, 3.05) is 36.0 Å². The Kier molecular flexibility index (Phi) is 6.55. The number of aryl methyl sites for hydroxylation is 2. The predicted molar refractivity (Wildman–Crippen MR) is 149 cm³/mol. The molecule has 1 N–H and O–H groups in total. The molecule has 4 heterocycles. The number of aromatic nitrogens is 2. The molecular weight excluding hydrogens is 516 g/mol. The first-order valence-corrected chi connectivity index (χ1v) is 13.2. The van der Waals surface area contributed by atoms with Gasteiger partial charge in [0, 0.05) is 43.3 Å². The van der Waals surface area contributed by atoms with Crippen molar-refractivity contribution in [1.82, 2.24) is 14.9 Å². The van der Waals surface area contributed by atoms with E-state index in [4.69, 9.17) is 4.98 Å². The third kappa shape index (κ3) is 4.65. The highest BCUT2D eigenvalue weighted by atomic mass is 19.2. The number of nitrogens with zero attached hydrogens (tertiary/aromatic N) is 5. The van der Waals surface area contributed by atoms with E-state index in [0.717, 1.165) is 17.4 Å². The van der Waals surface area contributed by atoms with Gasteiger partial charge >= 0.3 is 5.97 Å². The van der Waals surface area contributed by atoms with Crippen LogP contribution in [-0.4, -0.2) is 63.6 Å². The molecule has 1 fully saturated rings. The molecule has 0 atom stereocenters. The van der Waals surface area contributed by atoms with Crippen molar-refractivity contribution >= 4 is 29.1 Å². The van der Waals surface area contributed by atoms with Crippen LogP contribution in [-0.2, 0) is 5.41 Å². The second kappa shape index (κ2) is 9.53. The number of halogens is 2. The van der Waals surface area contributed by atoms with E-state index in [1.165, 1.54) is 12.1 Å². The summed E-state index contributed by atoms with van der Waals surface area (Å²) >= 11 is 0. The minimum absolute atomic E-state index is 0.184. The number of aromatic carboxylic acids is 1. The SMILES string of the molecule is Cc1cc(N2CCN(C(=O)c3ccc4c(n3)C(C)(C)CN4c3ccc(F)c(F)c3)C(C)(C)C2)nc(C)c1C(=O)O. The Bertz CT molecular complexity index is 1510. The molecule has 1 saturated heterocycles. The minimum atomic E-state index is -0.997. The lowest BCUT2D eigenvalue weighted by Crippen LogP contribution is -2.61. The average molecular weight is 550 g/mol. The number of hydrogen-bond acceptors (Lipinski definition) is 6. The molecule has 0 radical (unpaired) electrons. The van der Waals surface area contributed by atoms with E-state index in [2.05, 4.69) is 9.88 Å². The number of carbonyl (C=O) groups is 2. The van der Waals surface area contributed by atoms with Gasteiger partial charge in [-0.1, -0.05) is 13.8 Å². The third-order valence-electron chi connectivity index (χ3n) is 7.86. The number of fused-ring (bicyclic) bond motifs is 1. The molecule has 1 amide bonds. The Morgan fingerprint density at radius 1 is 0.925 bits per heavy atom. The summed E-state index contributed by atoms with van der Waals surface area (Å²) in [5.74, 6) is -2.31. The second-order valence-electron chi connectivity index (χ2n) is 11.9. The second-order valence-corrected chi connectivity index (χ2v) is 11.9. The Hall–Kier alpha value is -4.08. The number of pyridine rings is 2. The van der Waals surface area contributed by atoms with Gasteiger partial charge in [-0.25, -0.2) is 23.5 Å². The van der Waals surface area contributed by atoms with Crippen LogP contribution in [0.1, 0.15) is 65.5 Å². The van der Waals surface area contributed by atoms with Gasteiger partial charge in [0.15, 0.2) is 11.6 Å². The highest BCUT2D eigenvalue weighted by molar-refractivity contribution is 5.94. The zero-order valence-electron chi connectivity index (χ0n) is 23.5. The van der Waals surface area contributed by atoms with Gasteiger partial charge in [0.25, 0.3) is 5.91 Å². The number of hydrogen-bond donors (Lipinski definition) is 1. The van der Waals surface area contributed by atoms with Gasteiger partial charge in [0.1, 0.15) is 11.5 Å². The van der Waals surface area contributed by atoms with Crippen molar-refractivity contribution < 1.29 is 23.5 Å². The van der Waals surface area contributed by atoms with Gasteiger partial charge < -0.3 is 19.8 Å². The lowest BCUT2D eigenvalue weighted by atomic mass is 9.91. The molecule has 5 rings (SSSR count). The quantitative estimate of drug-likeness (QED) is 0.476. The maximum Gasteiger partial charge on any atom is 0.337 e. The molecule has 0 spiro atoms. The van der Waals surface area contributed by atoms with E-state index < -0.39 is 28.6 Å². The number of benzene rings is 1. The van der Waals surface area contributed by atoms with Crippen LogP contribution < -0.4 is 9.80 Å². The summed E-state index contributed by atoms with van der Waals surface area (Å²) in [6.07, 6.45) is 0. The molecular formula is C30H33F2N5O3. The van der Waals surface area contributed by atoms with Gasteiger partial charge in [-0.05, 0) is 63.6 Å². The highest BCUT2D eigenvalue weighted by Gasteiger charge is 2.41. The van der Waals surface area contributed by atoms with Crippen LogP contribution in [0, 0.1) is 25.5 Å². The molecule has 210 valence electrons. The summed E-state index contributed by atoms with van der Waals surface area (Å²) in [5, 5.41) is 9.48. The molecule has 3 aromatic rings. The number of piperazine rings is 1. The fraction of sp³-hybridized carbons (Fsp3) is 0.400. The fourth-order valence-electron chi connectivity index (χ4n) is 5.89. The maximum atomic E-state index is 14.0. The molecule has 10 heteroatoms. The standard InChI is InChI=1S/C30H33F2N5O3/c1-17-13-24(33-18(2)25(17)28(39)40)35-11-12-37(30(5,6)16-35)27(38)22-9-10-23-26(34-22)29(3,4)15-36(23)19-7-8-20(31)21(32)14-19/h7-10,13-14H,11-12,15-16H2,1-6H3,(H,39,40). The van der Waals surface area contributed by atoms with Crippen molar-refractivity contribution in [3.8, 4) is 0 Å². The van der Waals surface area contributed by atoms with Crippen molar-refractivity contribution in [1.29, 1.82) is 0 Å². The molecule has 2 aromatic heterocycles. The summed E-state index contributed by atoms with van der Waals surface area (Å²) < 4.78 is 27.5. The van der Waals surface area contributed by atoms with Crippen molar-refractivity contribution in [2.45, 2.75) is 52.5 Å². The molecule has 2 aliphatic rings. The van der Waals surface area contributed by atoms with Crippen LogP contribution in [0.2, 0.25) is 0 Å². The minimum Gasteiger partial charge on any atom is -0.478 e. The smallest absolute Gasteiger partial charge is 0.337 e. The Balaban J connectivity index is 1.39. The number of carbonyl (C=O) groups excluding carboxylic acids is 1. The zero-order chi connectivity index (χ0) is 29.1. The number of anilines is 3. The molecule has 0 unspecified atom stereocenters. The van der Waals surface area contributed by atoms with Crippen LogP contribution in [0.15, 0.2) is 36.4 Å². The lowest BCUT2D eigenvalue weighted by Gasteiger charge is -2.47. The maximum absolute atomic E-state index is 14.0. The first-order chi connectivity index (χ1) is 18.7. The van der Waals surface area contributed by atoms with Crippen LogP contribution in [0.5, 0.6) is 0 Å². The summed E-state index contributed by atoms with van der Waals surface area (Å²) in [6.45, 7) is 13.5. The average Bonchev–Trinajstić information content (AvgIpc) is 3.14. The van der Waals surface area contributed by atoms with Crippen molar-refractivity contribution in [2.24, 2.45) is 0 Å². The molecule has 0 bridgehead atoms. The summed E-state index contributed by atoms with van der Waals surface area (Å²) in [5.41, 5.74) is 2.69. The summed E-state index contributed by atoms with van der Waals surface area (Å²) in [7, 11) is 0. The van der Waals surface area contributed by atoms with Crippen LogP contribution >= 0.6 is 0 Å². The summed E-state index contributed by atoms with van der Waals surface area (Å²) in [6, 6.07) is 9.13. The lowest BCUT2D eigenvalue weighted by molar-refractivity contribution is 0.0506. The van der Waals surface area contributed by atoms with Crippen LogP contribution in [0.25, 0.3) is 0 Å². The summed E-state index contributed by atoms with van der Waals surface area (Å²) in [4.78, 5) is 40.5. The van der Waals surface area contributed by atoms with Crippen LogP contribution in [0.4, 0.5) is 26.0 Å². The Labute approximate surface area is 232 Å². The third-order valence-corrected chi connectivity index (χ3v) is 7.86. The first-order valence-electron chi connectivity index (χ1n) is 13.2. The predicted octanol–water partition coefficient (Wildman–Crippen LogP) is 5.24. The van der Waals surface area contributed by atoms with Gasteiger partial charge in [0.2, 0.25) is 0 Å². The van der Waals surface area contributed by atoms with Gasteiger partial charge in [-0.2, -0.15) is 0 Å². The van der Waals surface area contributed by atoms with Crippen molar-refractivity contribution in [3.63, 3.8) is 0 Å². The Morgan fingerprint density at radius 3 is 2.27 bits per heavy atom. The highest BCUT2D eigenvalue weighted by Crippen LogP contribution is 2.43. The number of amides is 1. The van der Waals surface area contributed by atoms with E-state index in [0.29, 0.717) is 54.6 Å². The molecule has 8 nitrogen and oxygen atoms in total.